The molecule has 0 heterocycles. The summed E-state index contributed by atoms with van der Waals surface area (Å²) >= 11 is 1.98. The van der Waals surface area contributed by atoms with Gasteiger partial charge >= 0.3 is 0 Å². The van der Waals surface area contributed by atoms with Crippen LogP contribution in [0.25, 0.3) is 0 Å². The average molecular weight is 391 g/mol. The summed E-state index contributed by atoms with van der Waals surface area (Å²) in [6.45, 7) is 1.82. The molecule has 0 saturated heterocycles. The van der Waals surface area contributed by atoms with Crippen LogP contribution in [0.15, 0.2) is 30.3 Å². The van der Waals surface area contributed by atoms with Gasteiger partial charge in [-0.2, -0.15) is 0 Å². The lowest BCUT2D eigenvalue weighted by Crippen LogP contribution is -2.16. The number of carbonyl (C=O) groups is 1. The number of hydrogen-bond donors (Lipinski definition) is 1. The summed E-state index contributed by atoms with van der Waals surface area (Å²) in [5.41, 5.74) is 0.515. The number of carbonyl (C=O) groups excluding carboxylic acids is 1. The third-order valence-corrected chi connectivity index (χ3v) is 4.11. The van der Waals surface area contributed by atoms with E-state index >= 15 is 0 Å². The third kappa shape index (κ3) is 2.95. The van der Waals surface area contributed by atoms with Gasteiger partial charge in [0, 0.05) is 15.7 Å². The number of anilines is 1. The Morgan fingerprint density at radius 2 is 1.75 bits per heavy atom. The van der Waals surface area contributed by atoms with E-state index < -0.39 is 29.0 Å². The maximum atomic E-state index is 13.5. The number of hydrogen-bond acceptors (Lipinski definition) is 1. The Morgan fingerprint density at radius 1 is 1.15 bits per heavy atom. The second-order valence-electron chi connectivity index (χ2n) is 4.14. The lowest BCUT2D eigenvalue weighted by atomic mass is 10.1. The molecule has 6 heteroatoms. The van der Waals surface area contributed by atoms with E-state index in [1.807, 2.05) is 35.6 Å². The predicted octanol–water partition coefficient (Wildman–Crippen LogP) is 4.27. The molecule has 2 aromatic rings. The zero-order chi connectivity index (χ0) is 14.9. The van der Waals surface area contributed by atoms with Crippen LogP contribution in [0.3, 0.4) is 0 Å². The fraction of sp³-hybridized carbons (Fsp3) is 0.0714. The minimum Gasteiger partial charge on any atom is -0.317 e. The molecular formula is C14H9F3INO. The quantitative estimate of drug-likeness (QED) is 0.762. The molecule has 1 N–H and O–H groups in total. The normalized spacial score (nSPS) is 10.4. The molecule has 0 fully saturated rings. The molecule has 0 spiro atoms. The first-order valence-corrected chi connectivity index (χ1v) is 6.69. The van der Waals surface area contributed by atoms with Gasteiger partial charge < -0.3 is 5.32 Å². The largest absolute Gasteiger partial charge is 0.317 e. The van der Waals surface area contributed by atoms with Crippen molar-refractivity contribution in [1.82, 2.24) is 0 Å². The summed E-state index contributed by atoms with van der Waals surface area (Å²) in [6.07, 6.45) is 0. The van der Waals surface area contributed by atoms with Crippen LogP contribution in [0.4, 0.5) is 18.9 Å². The van der Waals surface area contributed by atoms with Gasteiger partial charge in [0.25, 0.3) is 5.91 Å². The van der Waals surface area contributed by atoms with Crippen LogP contribution in [0, 0.1) is 27.9 Å². The van der Waals surface area contributed by atoms with Gasteiger partial charge in [0.1, 0.15) is 11.5 Å². The van der Waals surface area contributed by atoms with Crippen LogP contribution in [0.5, 0.6) is 0 Å². The third-order valence-electron chi connectivity index (χ3n) is 2.68. The summed E-state index contributed by atoms with van der Waals surface area (Å²) in [5, 5.41) is 2.13. The zero-order valence-corrected chi connectivity index (χ0v) is 12.5. The van der Waals surface area contributed by atoms with Crippen molar-refractivity contribution in [2.75, 3.05) is 5.32 Å². The lowest BCUT2D eigenvalue weighted by molar-refractivity contribution is 0.102. The van der Waals surface area contributed by atoms with Gasteiger partial charge in [0.05, 0.1) is 5.56 Å². The van der Waals surface area contributed by atoms with Crippen LogP contribution >= 0.6 is 22.6 Å². The van der Waals surface area contributed by atoms with Crippen molar-refractivity contribution in [3.63, 3.8) is 0 Å². The van der Waals surface area contributed by atoms with Crippen LogP contribution in [0.1, 0.15) is 15.9 Å². The van der Waals surface area contributed by atoms with Crippen molar-refractivity contribution in [1.29, 1.82) is 0 Å². The first-order valence-electron chi connectivity index (χ1n) is 5.61. The first-order chi connectivity index (χ1) is 9.40. The number of aryl methyl sites for hydroxylation is 1. The maximum absolute atomic E-state index is 13.5. The number of nitrogens with one attached hydrogen (secondary N) is 1. The van der Waals surface area contributed by atoms with Gasteiger partial charge in [-0.25, -0.2) is 13.2 Å². The van der Waals surface area contributed by atoms with Crippen molar-refractivity contribution in [2.24, 2.45) is 0 Å². The van der Waals surface area contributed by atoms with Crippen molar-refractivity contribution in [3.8, 4) is 0 Å². The Labute approximate surface area is 127 Å². The molecule has 0 aliphatic heterocycles. The number of amides is 1. The highest BCUT2D eigenvalue weighted by Gasteiger charge is 2.17. The molecule has 104 valence electrons. The van der Waals surface area contributed by atoms with Crippen molar-refractivity contribution in [2.45, 2.75) is 6.92 Å². The Bertz CT molecular complexity index is 665. The molecule has 2 aromatic carbocycles. The molecule has 0 atom stereocenters. The second-order valence-corrected chi connectivity index (χ2v) is 5.21. The minimum absolute atomic E-state index is 0.300. The van der Waals surface area contributed by atoms with E-state index in [0.717, 1.165) is 5.56 Å². The summed E-state index contributed by atoms with van der Waals surface area (Å²) in [7, 11) is 0. The number of halogens is 4. The zero-order valence-electron chi connectivity index (χ0n) is 10.3. The van der Waals surface area contributed by atoms with Crippen molar-refractivity contribution >= 4 is 34.2 Å². The topological polar surface area (TPSA) is 29.1 Å². The van der Waals surface area contributed by atoms with E-state index in [0.29, 0.717) is 21.3 Å². The van der Waals surface area contributed by atoms with Gasteiger partial charge in [-0.1, -0.05) is 12.1 Å². The Kier molecular flexibility index (Phi) is 4.32. The molecular weight excluding hydrogens is 382 g/mol. The summed E-state index contributed by atoms with van der Waals surface area (Å²) in [5.74, 6) is -4.00. The Hall–Kier alpha value is -1.57. The fourth-order valence-electron chi connectivity index (χ4n) is 1.67. The van der Waals surface area contributed by atoms with Gasteiger partial charge in [0.2, 0.25) is 0 Å². The monoisotopic (exact) mass is 391 g/mol. The molecule has 0 saturated carbocycles. The highest BCUT2D eigenvalue weighted by molar-refractivity contribution is 14.1. The molecule has 0 aliphatic carbocycles. The van der Waals surface area contributed by atoms with Crippen LogP contribution in [0.2, 0.25) is 0 Å². The number of benzene rings is 2. The summed E-state index contributed by atoms with van der Waals surface area (Å²) in [6, 6.07) is 6.06. The molecule has 0 radical (unpaired) electrons. The summed E-state index contributed by atoms with van der Waals surface area (Å²) < 4.78 is 40.4. The van der Waals surface area contributed by atoms with Crippen molar-refractivity contribution in [3.05, 3.63) is 62.5 Å². The molecule has 0 bridgehead atoms. The van der Waals surface area contributed by atoms with Crippen LogP contribution in [-0.2, 0) is 0 Å². The van der Waals surface area contributed by atoms with E-state index in [1.165, 1.54) is 0 Å². The maximum Gasteiger partial charge on any atom is 0.256 e. The second kappa shape index (κ2) is 5.82. The predicted molar refractivity (Wildman–Crippen MR) is 78.2 cm³/mol. The van der Waals surface area contributed by atoms with Gasteiger partial charge in [0.15, 0.2) is 11.6 Å². The minimum atomic E-state index is -1.15. The van der Waals surface area contributed by atoms with E-state index in [9.17, 15) is 18.0 Å². The van der Waals surface area contributed by atoms with E-state index in [-0.39, 0.29) is 0 Å². The smallest absolute Gasteiger partial charge is 0.256 e. The molecule has 2 rings (SSSR count). The number of rotatable bonds is 2. The molecule has 1 amide bonds. The Balaban J connectivity index is 2.36. The molecule has 2 nitrogen and oxygen atoms in total. The van der Waals surface area contributed by atoms with Crippen LogP contribution in [-0.4, -0.2) is 5.91 Å². The van der Waals surface area contributed by atoms with Crippen molar-refractivity contribution < 1.29 is 18.0 Å². The standard InChI is InChI=1S/C14H9F3INO/c1-7-3-2-4-9(12(7)18)14(20)19-13-10(16)5-8(15)6-11(13)17/h2-6H,1H3,(H,19,20). The van der Waals surface area contributed by atoms with Gasteiger partial charge in [-0.15, -0.1) is 0 Å². The van der Waals surface area contributed by atoms with E-state index in [1.54, 1.807) is 12.1 Å². The first kappa shape index (κ1) is 14.8. The fourth-order valence-corrected chi connectivity index (χ4v) is 2.27. The Morgan fingerprint density at radius 3 is 2.35 bits per heavy atom. The lowest BCUT2D eigenvalue weighted by Gasteiger charge is -2.10. The highest BCUT2D eigenvalue weighted by atomic mass is 127. The van der Waals surface area contributed by atoms with E-state index in [2.05, 4.69) is 5.32 Å². The SMILES string of the molecule is Cc1cccc(C(=O)Nc2c(F)cc(F)cc2F)c1I. The highest BCUT2D eigenvalue weighted by Crippen LogP contribution is 2.23. The van der Waals surface area contributed by atoms with Crippen LogP contribution < -0.4 is 5.32 Å². The van der Waals surface area contributed by atoms with Gasteiger partial charge in [-0.3, -0.25) is 4.79 Å². The average Bonchev–Trinajstić information content (AvgIpc) is 2.36. The molecule has 0 unspecified atom stereocenters. The van der Waals surface area contributed by atoms with Gasteiger partial charge in [-0.05, 0) is 41.1 Å². The molecule has 20 heavy (non-hydrogen) atoms. The molecule has 0 aromatic heterocycles. The van der Waals surface area contributed by atoms with E-state index in [4.69, 9.17) is 0 Å². The molecule has 0 aliphatic rings. The summed E-state index contributed by atoms with van der Waals surface area (Å²) in [4.78, 5) is 12.0.